The van der Waals surface area contributed by atoms with Crippen LogP contribution in [0.4, 0.5) is 0 Å². The Balaban J connectivity index is 1.31. The van der Waals surface area contributed by atoms with Crippen molar-refractivity contribution in [2.45, 2.75) is 61.7 Å². The number of oxazole rings is 1. The van der Waals surface area contributed by atoms with Crippen molar-refractivity contribution >= 4 is 5.91 Å². The summed E-state index contributed by atoms with van der Waals surface area (Å²) in [4.78, 5) is 21.6. The van der Waals surface area contributed by atoms with Crippen LogP contribution in [0.25, 0.3) is 0 Å². The molecule has 1 saturated carbocycles. The molecule has 0 unspecified atom stereocenters. The van der Waals surface area contributed by atoms with E-state index in [9.17, 15) is 15.0 Å². The van der Waals surface area contributed by atoms with Gasteiger partial charge in [-0.25, -0.2) is 4.98 Å². The maximum absolute atomic E-state index is 13.2. The molecule has 1 aromatic carbocycles. The number of likely N-dealkylation sites (tertiary alicyclic amines) is 2. The summed E-state index contributed by atoms with van der Waals surface area (Å²) in [5.41, 5.74) is 0.519. The molecule has 2 aliphatic carbocycles. The summed E-state index contributed by atoms with van der Waals surface area (Å²) in [5, 5.41) is 23.2. The number of phenolic OH excluding ortho intramolecular Hbond substituents is 1. The summed E-state index contributed by atoms with van der Waals surface area (Å²) in [6.45, 7) is 2.78. The first-order valence-electron chi connectivity index (χ1n) is 12.1. The van der Waals surface area contributed by atoms with E-state index in [0.29, 0.717) is 31.2 Å². The van der Waals surface area contributed by atoms with Crippen LogP contribution in [0.5, 0.6) is 11.5 Å². The molecule has 2 saturated heterocycles. The number of piperidine rings is 1. The van der Waals surface area contributed by atoms with Crippen LogP contribution < -0.4 is 4.74 Å². The van der Waals surface area contributed by atoms with Gasteiger partial charge >= 0.3 is 0 Å². The lowest BCUT2D eigenvalue weighted by molar-refractivity contribution is -0.162. The third kappa shape index (κ3) is 2.65. The number of aliphatic hydroxyl groups is 1. The number of hydrogen-bond donors (Lipinski definition) is 2. The highest BCUT2D eigenvalue weighted by Gasteiger charge is 2.71. The normalized spacial score (nSPS) is 34.5. The number of ether oxygens (including phenoxy) is 1. The van der Waals surface area contributed by atoms with Crippen LogP contribution in [0.3, 0.4) is 0 Å². The van der Waals surface area contributed by atoms with Crippen LogP contribution in [0, 0.1) is 5.92 Å². The van der Waals surface area contributed by atoms with Crippen molar-refractivity contribution in [3.63, 3.8) is 0 Å². The average molecular weight is 452 g/mol. The van der Waals surface area contributed by atoms with Gasteiger partial charge in [0.05, 0.1) is 23.8 Å². The number of nitrogens with zero attached hydrogens (tertiary/aromatic N) is 3. The van der Waals surface area contributed by atoms with E-state index in [1.165, 1.54) is 24.7 Å². The summed E-state index contributed by atoms with van der Waals surface area (Å²) < 4.78 is 11.7. The number of carbonyl (C=O) groups excluding carboxylic acids is 1. The van der Waals surface area contributed by atoms with Gasteiger partial charge in [0.25, 0.3) is 0 Å². The van der Waals surface area contributed by atoms with Gasteiger partial charge in [-0.3, -0.25) is 9.69 Å². The van der Waals surface area contributed by atoms with Gasteiger partial charge in [0, 0.05) is 24.7 Å². The monoisotopic (exact) mass is 451 g/mol. The Labute approximate surface area is 192 Å². The van der Waals surface area contributed by atoms with Crippen LogP contribution in [0.2, 0.25) is 0 Å². The Morgan fingerprint density at radius 1 is 1.24 bits per heavy atom. The molecular weight excluding hydrogens is 422 g/mol. The molecule has 1 spiro atoms. The van der Waals surface area contributed by atoms with Gasteiger partial charge in [0.1, 0.15) is 18.8 Å². The SMILES string of the molecule is O=C(Cc1ncco1)N1CC[C@@]2(O)[C@H]3Cc4ccc(O)c5c4[C@@]2(CCN3CC2CC2)[C@H](C1)O5. The Morgan fingerprint density at radius 3 is 2.91 bits per heavy atom. The van der Waals surface area contributed by atoms with Crippen LogP contribution in [-0.4, -0.2) is 74.8 Å². The first-order valence-corrected chi connectivity index (χ1v) is 12.1. The molecule has 0 radical (unpaired) electrons. The van der Waals surface area contributed by atoms with Gasteiger partial charge in [0.15, 0.2) is 11.5 Å². The highest BCUT2D eigenvalue weighted by atomic mass is 16.5. The van der Waals surface area contributed by atoms with Crippen molar-refractivity contribution in [2.75, 3.05) is 26.2 Å². The van der Waals surface area contributed by atoms with E-state index in [1.807, 2.05) is 6.07 Å². The molecule has 7 rings (SSSR count). The molecule has 8 heteroatoms. The molecule has 2 bridgehead atoms. The number of hydrogen-bond acceptors (Lipinski definition) is 7. The minimum Gasteiger partial charge on any atom is -0.504 e. The number of aromatic hydroxyl groups is 1. The molecule has 33 heavy (non-hydrogen) atoms. The number of phenols is 1. The maximum atomic E-state index is 13.2. The van der Waals surface area contributed by atoms with Gasteiger partial charge in [0.2, 0.25) is 11.8 Å². The van der Waals surface area contributed by atoms with Gasteiger partial charge in [-0.05, 0) is 56.2 Å². The smallest absolute Gasteiger partial charge is 0.232 e. The van der Waals surface area contributed by atoms with Crippen LogP contribution in [-0.2, 0) is 23.1 Å². The van der Waals surface area contributed by atoms with Crippen molar-refractivity contribution in [1.82, 2.24) is 14.8 Å². The zero-order valence-electron chi connectivity index (χ0n) is 18.6. The fraction of sp³-hybridized carbons (Fsp3) is 0.600. The number of carbonyl (C=O) groups is 1. The van der Waals surface area contributed by atoms with Gasteiger partial charge in [-0.15, -0.1) is 0 Å². The predicted molar refractivity (Wildman–Crippen MR) is 117 cm³/mol. The molecule has 4 heterocycles. The second-order valence-corrected chi connectivity index (χ2v) is 10.6. The van der Waals surface area contributed by atoms with E-state index in [2.05, 4.69) is 9.88 Å². The predicted octanol–water partition coefficient (Wildman–Crippen LogP) is 1.63. The quantitative estimate of drug-likeness (QED) is 0.729. The van der Waals surface area contributed by atoms with Crippen molar-refractivity contribution in [2.24, 2.45) is 5.92 Å². The first kappa shape index (κ1) is 19.9. The lowest BCUT2D eigenvalue weighted by Gasteiger charge is -2.60. The minimum absolute atomic E-state index is 0.0114. The summed E-state index contributed by atoms with van der Waals surface area (Å²) >= 11 is 0. The number of benzene rings is 1. The third-order valence-electron chi connectivity index (χ3n) is 8.93. The topological polar surface area (TPSA) is 99.3 Å². The zero-order chi connectivity index (χ0) is 22.4. The van der Waals surface area contributed by atoms with Crippen LogP contribution >= 0.6 is 0 Å². The van der Waals surface area contributed by atoms with E-state index in [1.54, 1.807) is 17.2 Å². The molecule has 2 aromatic rings. The lowest BCUT2D eigenvalue weighted by Crippen LogP contribution is -2.74. The molecule has 8 nitrogen and oxygen atoms in total. The standard InChI is InChI=1S/C25H29N3O5/c29-17-4-3-16-11-18-25(31)6-9-28(21(30)12-20-26-7-10-32-20)14-19-24(25,22(16)23(17)33-19)5-8-27(18)13-15-1-2-15/h3-4,7,10,15,18-19,29,31H,1-2,5-6,8-9,11-14H2/t18-,19+,24-,25-/m1/s1. The fourth-order valence-electron chi connectivity index (χ4n) is 7.21. The van der Waals surface area contributed by atoms with Gasteiger partial charge in [-0.1, -0.05) is 6.07 Å². The van der Waals surface area contributed by atoms with Crippen molar-refractivity contribution in [1.29, 1.82) is 0 Å². The summed E-state index contributed by atoms with van der Waals surface area (Å²) in [6, 6.07) is 3.71. The molecule has 3 fully saturated rings. The third-order valence-corrected chi connectivity index (χ3v) is 8.93. The number of rotatable bonds is 4. The molecule has 174 valence electrons. The number of aromatic nitrogens is 1. The zero-order valence-corrected chi connectivity index (χ0v) is 18.6. The maximum Gasteiger partial charge on any atom is 0.232 e. The van der Waals surface area contributed by atoms with Crippen LogP contribution in [0.1, 0.15) is 42.7 Å². The molecule has 3 aliphatic heterocycles. The minimum atomic E-state index is -1.02. The highest BCUT2D eigenvalue weighted by Crippen LogP contribution is 2.63. The molecule has 5 aliphatic rings. The largest absolute Gasteiger partial charge is 0.504 e. The lowest BCUT2D eigenvalue weighted by atomic mass is 9.52. The van der Waals surface area contributed by atoms with E-state index in [4.69, 9.17) is 9.15 Å². The van der Waals surface area contributed by atoms with E-state index in [0.717, 1.165) is 37.4 Å². The first-order chi connectivity index (χ1) is 16.0. The van der Waals surface area contributed by atoms with Gasteiger partial charge in [-0.2, -0.15) is 0 Å². The Morgan fingerprint density at radius 2 is 2.12 bits per heavy atom. The molecular formula is C25H29N3O5. The number of amides is 1. The molecule has 1 amide bonds. The van der Waals surface area contributed by atoms with Crippen molar-refractivity contribution in [3.05, 3.63) is 41.6 Å². The molecule has 1 aromatic heterocycles. The molecule has 4 atom stereocenters. The van der Waals surface area contributed by atoms with E-state index < -0.39 is 17.1 Å². The van der Waals surface area contributed by atoms with Gasteiger partial charge < -0.3 is 24.3 Å². The molecule has 2 N–H and O–H groups in total. The Hall–Kier alpha value is -2.58. The Kier molecular flexibility index (Phi) is 4.05. The fourth-order valence-corrected chi connectivity index (χ4v) is 7.21. The van der Waals surface area contributed by atoms with E-state index >= 15 is 0 Å². The summed E-state index contributed by atoms with van der Waals surface area (Å²) in [5.74, 6) is 1.68. The van der Waals surface area contributed by atoms with Crippen LogP contribution in [0.15, 0.2) is 29.0 Å². The second kappa shape index (κ2) is 6.73. The Bertz CT molecular complexity index is 1120. The van der Waals surface area contributed by atoms with Crippen molar-refractivity contribution < 1.29 is 24.2 Å². The van der Waals surface area contributed by atoms with Crippen molar-refractivity contribution in [3.8, 4) is 11.5 Å². The summed E-state index contributed by atoms with van der Waals surface area (Å²) in [7, 11) is 0. The average Bonchev–Trinajstić information content (AvgIpc) is 3.38. The summed E-state index contributed by atoms with van der Waals surface area (Å²) in [6.07, 6.45) is 7.26. The van der Waals surface area contributed by atoms with E-state index in [-0.39, 0.29) is 24.1 Å². The highest BCUT2D eigenvalue weighted by molar-refractivity contribution is 5.78. The second-order valence-electron chi connectivity index (χ2n) is 10.6.